The smallest absolute Gasteiger partial charge is 0.0361 e. The molecule has 0 aliphatic carbocycles. The first kappa shape index (κ1) is 15.8. The van der Waals surface area contributed by atoms with E-state index in [0.717, 1.165) is 13.0 Å². The standard InChI is InChI=1S/C17H28N2/c1-5-7-8-9-17(18-14-6-2)15-10-12-16(13-11-15)19(3)4/h5,10-13,17-18H,1,6-9,14H2,2-4H3. The van der Waals surface area contributed by atoms with E-state index in [4.69, 9.17) is 0 Å². The van der Waals surface area contributed by atoms with E-state index in [1.54, 1.807) is 0 Å². The molecular formula is C17H28N2. The fraction of sp³-hybridized carbons (Fsp3) is 0.529. The van der Waals surface area contributed by atoms with Crippen LogP contribution >= 0.6 is 0 Å². The molecule has 0 aromatic heterocycles. The Balaban J connectivity index is 2.68. The minimum atomic E-state index is 0.469. The van der Waals surface area contributed by atoms with Gasteiger partial charge >= 0.3 is 0 Å². The van der Waals surface area contributed by atoms with E-state index in [2.05, 4.69) is 62.1 Å². The topological polar surface area (TPSA) is 15.3 Å². The molecule has 1 rings (SSSR count). The van der Waals surface area contributed by atoms with Crippen molar-refractivity contribution in [3.8, 4) is 0 Å². The van der Waals surface area contributed by atoms with E-state index in [1.165, 1.54) is 30.5 Å². The summed E-state index contributed by atoms with van der Waals surface area (Å²) in [6.07, 6.45) is 6.65. The van der Waals surface area contributed by atoms with Gasteiger partial charge in [-0.2, -0.15) is 0 Å². The second-order valence-electron chi connectivity index (χ2n) is 5.21. The monoisotopic (exact) mass is 260 g/mol. The number of unbranched alkanes of at least 4 members (excludes halogenated alkanes) is 1. The van der Waals surface area contributed by atoms with Crippen LogP contribution in [0.1, 0.15) is 44.2 Å². The van der Waals surface area contributed by atoms with Crippen molar-refractivity contribution in [3.05, 3.63) is 42.5 Å². The van der Waals surface area contributed by atoms with Crippen molar-refractivity contribution in [3.63, 3.8) is 0 Å². The Bertz CT molecular complexity index is 354. The molecule has 1 aromatic rings. The molecule has 0 saturated carbocycles. The molecule has 2 nitrogen and oxygen atoms in total. The summed E-state index contributed by atoms with van der Waals surface area (Å²) in [5.74, 6) is 0. The van der Waals surface area contributed by atoms with Crippen molar-refractivity contribution in [1.29, 1.82) is 0 Å². The number of rotatable bonds is 9. The highest BCUT2D eigenvalue weighted by molar-refractivity contribution is 5.46. The number of anilines is 1. The molecule has 1 aromatic carbocycles. The van der Waals surface area contributed by atoms with Gasteiger partial charge in [-0.25, -0.2) is 0 Å². The normalized spacial score (nSPS) is 12.2. The van der Waals surface area contributed by atoms with Crippen molar-refractivity contribution in [2.45, 2.75) is 38.6 Å². The van der Waals surface area contributed by atoms with Gasteiger partial charge in [0, 0.05) is 25.8 Å². The van der Waals surface area contributed by atoms with Crippen molar-refractivity contribution < 1.29 is 0 Å². The molecule has 0 aliphatic rings. The highest BCUT2D eigenvalue weighted by atomic mass is 15.1. The third kappa shape index (κ3) is 5.48. The SMILES string of the molecule is C=CCCCC(NCCC)c1ccc(N(C)C)cc1. The van der Waals surface area contributed by atoms with Crippen molar-refractivity contribution in [2.75, 3.05) is 25.5 Å². The average Bonchev–Trinajstić information content (AvgIpc) is 2.43. The minimum Gasteiger partial charge on any atom is -0.378 e. The number of nitrogens with zero attached hydrogens (tertiary/aromatic N) is 1. The van der Waals surface area contributed by atoms with Gasteiger partial charge < -0.3 is 10.2 Å². The lowest BCUT2D eigenvalue weighted by Crippen LogP contribution is -2.22. The summed E-state index contributed by atoms with van der Waals surface area (Å²) >= 11 is 0. The highest BCUT2D eigenvalue weighted by Gasteiger charge is 2.10. The summed E-state index contributed by atoms with van der Waals surface area (Å²) < 4.78 is 0. The van der Waals surface area contributed by atoms with E-state index < -0.39 is 0 Å². The second kappa shape index (κ2) is 8.76. The van der Waals surface area contributed by atoms with Gasteiger partial charge in [0.2, 0.25) is 0 Å². The van der Waals surface area contributed by atoms with Crippen LogP contribution in [0.15, 0.2) is 36.9 Å². The van der Waals surface area contributed by atoms with Crippen LogP contribution in [-0.4, -0.2) is 20.6 Å². The third-order valence-corrected chi connectivity index (χ3v) is 3.35. The average molecular weight is 260 g/mol. The molecule has 1 atom stereocenters. The van der Waals surface area contributed by atoms with Crippen molar-refractivity contribution in [1.82, 2.24) is 5.32 Å². The van der Waals surface area contributed by atoms with Gasteiger partial charge in [-0.3, -0.25) is 0 Å². The molecule has 0 amide bonds. The van der Waals surface area contributed by atoms with Gasteiger partial charge in [0.15, 0.2) is 0 Å². The summed E-state index contributed by atoms with van der Waals surface area (Å²) in [4.78, 5) is 2.13. The predicted molar refractivity (Wildman–Crippen MR) is 85.9 cm³/mol. The Labute approximate surface area is 118 Å². The molecule has 106 valence electrons. The lowest BCUT2D eigenvalue weighted by Gasteiger charge is -2.20. The summed E-state index contributed by atoms with van der Waals surface area (Å²) in [6.45, 7) is 7.09. The van der Waals surface area contributed by atoms with Gasteiger partial charge in [-0.15, -0.1) is 6.58 Å². The summed E-state index contributed by atoms with van der Waals surface area (Å²) in [5, 5.41) is 3.65. The highest BCUT2D eigenvalue weighted by Crippen LogP contribution is 2.22. The molecule has 0 heterocycles. The number of hydrogen-bond acceptors (Lipinski definition) is 2. The van der Waals surface area contributed by atoms with E-state index in [1.807, 2.05) is 6.08 Å². The molecule has 0 aliphatic heterocycles. The van der Waals surface area contributed by atoms with Crippen LogP contribution in [0.5, 0.6) is 0 Å². The molecule has 0 bridgehead atoms. The zero-order chi connectivity index (χ0) is 14.1. The van der Waals surface area contributed by atoms with Crippen LogP contribution in [0.4, 0.5) is 5.69 Å². The molecule has 1 N–H and O–H groups in total. The molecule has 2 heteroatoms. The third-order valence-electron chi connectivity index (χ3n) is 3.35. The zero-order valence-corrected chi connectivity index (χ0v) is 12.7. The van der Waals surface area contributed by atoms with Gasteiger partial charge in [0.05, 0.1) is 0 Å². The van der Waals surface area contributed by atoms with Gasteiger partial charge in [-0.05, 0) is 49.9 Å². The molecule has 1 unspecified atom stereocenters. The molecule has 0 fully saturated rings. The maximum atomic E-state index is 3.80. The first-order valence-electron chi connectivity index (χ1n) is 7.30. The van der Waals surface area contributed by atoms with E-state index in [-0.39, 0.29) is 0 Å². The molecule has 19 heavy (non-hydrogen) atoms. The summed E-state index contributed by atoms with van der Waals surface area (Å²) in [7, 11) is 4.15. The first-order valence-corrected chi connectivity index (χ1v) is 7.30. The lowest BCUT2D eigenvalue weighted by molar-refractivity contribution is 0.486. The van der Waals surface area contributed by atoms with Crippen molar-refractivity contribution in [2.24, 2.45) is 0 Å². The second-order valence-corrected chi connectivity index (χ2v) is 5.21. The van der Waals surface area contributed by atoms with Gasteiger partial charge in [0.1, 0.15) is 0 Å². The van der Waals surface area contributed by atoms with E-state index >= 15 is 0 Å². The Morgan fingerprint density at radius 2 is 1.95 bits per heavy atom. The number of benzene rings is 1. The summed E-state index contributed by atoms with van der Waals surface area (Å²) in [5.41, 5.74) is 2.65. The number of hydrogen-bond donors (Lipinski definition) is 1. The van der Waals surface area contributed by atoms with Crippen LogP contribution in [0.25, 0.3) is 0 Å². The maximum absolute atomic E-state index is 3.80. The minimum absolute atomic E-state index is 0.469. The fourth-order valence-corrected chi connectivity index (χ4v) is 2.18. The van der Waals surface area contributed by atoms with Crippen molar-refractivity contribution >= 4 is 5.69 Å². The Kier molecular flexibility index (Phi) is 7.27. The van der Waals surface area contributed by atoms with Crippen LogP contribution < -0.4 is 10.2 Å². The van der Waals surface area contributed by atoms with E-state index in [9.17, 15) is 0 Å². The Morgan fingerprint density at radius 1 is 1.26 bits per heavy atom. The zero-order valence-electron chi connectivity index (χ0n) is 12.7. The van der Waals surface area contributed by atoms with Gasteiger partial charge in [-0.1, -0.05) is 25.1 Å². The quantitative estimate of drug-likeness (QED) is 0.530. The number of allylic oxidation sites excluding steroid dienone is 1. The fourth-order valence-electron chi connectivity index (χ4n) is 2.18. The lowest BCUT2D eigenvalue weighted by atomic mass is 10.0. The van der Waals surface area contributed by atoms with Gasteiger partial charge in [0.25, 0.3) is 0 Å². The molecule has 0 radical (unpaired) electrons. The Hall–Kier alpha value is -1.28. The molecular weight excluding hydrogens is 232 g/mol. The number of nitrogens with one attached hydrogen (secondary N) is 1. The first-order chi connectivity index (χ1) is 9.19. The van der Waals surface area contributed by atoms with Crippen LogP contribution in [-0.2, 0) is 0 Å². The van der Waals surface area contributed by atoms with Crippen LogP contribution in [0.3, 0.4) is 0 Å². The van der Waals surface area contributed by atoms with E-state index in [0.29, 0.717) is 6.04 Å². The van der Waals surface area contributed by atoms with Crippen LogP contribution in [0.2, 0.25) is 0 Å². The van der Waals surface area contributed by atoms with Crippen LogP contribution in [0, 0.1) is 0 Å². The predicted octanol–water partition coefficient (Wildman–Crippen LogP) is 4.15. The maximum Gasteiger partial charge on any atom is 0.0361 e. The Morgan fingerprint density at radius 3 is 2.47 bits per heavy atom. The largest absolute Gasteiger partial charge is 0.378 e. The summed E-state index contributed by atoms with van der Waals surface area (Å²) in [6, 6.07) is 9.36. The molecule has 0 saturated heterocycles. The molecule has 0 spiro atoms.